The van der Waals surface area contributed by atoms with Gasteiger partial charge in [0.15, 0.2) is 0 Å². The van der Waals surface area contributed by atoms with Crippen molar-refractivity contribution in [2.75, 3.05) is 0 Å². The second kappa shape index (κ2) is 3.15. The van der Waals surface area contributed by atoms with Gasteiger partial charge in [0.1, 0.15) is 0 Å². The molecule has 0 bridgehead atoms. The topological polar surface area (TPSA) is 89.4 Å². The molecule has 0 saturated carbocycles. The van der Waals surface area contributed by atoms with Crippen molar-refractivity contribution in [1.29, 1.82) is 0 Å². The Balaban J connectivity index is 0. The predicted molar refractivity (Wildman–Crippen MR) is 2.22 cm³/mol. The molecule has 6 heteroatoms. The normalized spacial score (nSPS) is 10.0. The molecule has 6 heavy (non-hydrogen) atoms. The molecule has 0 fully saturated rings. The first-order chi connectivity index (χ1) is 2.00. The summed E-state index contributed by atoms with van der Waals surface area (Å²) in [5.41, 5.74) is 0. The van der Waals surface area contributed by atoms with E-state index >= 15 is 0 Å². The van der Waals surface area contributed by atoms with Gasteiger partial charge in [0.2, 0.25) is 0 Å². The Morgan fingerprint density at radius 2 is 1.17 bits per heavy atom. The van der Waals surface area contributed by atoms with Gasteiger partial charge in [-0.25, -0.2) is 0 Å². The summed E-state index contributed by atoms with van der Waals surface area (Å²) in [6.45, 7) is 0. The minimum absolute atomic E-state index is 0. The van der Waals surface area contributed by atoms with E-state index in [9.17, 15) is 0 Å². The molecule has 38 valence electrons. The Hall–Kier alpha value is 1.10. The molecule has 0 unspecified atom stereocenters. The molecule has 0 rings (SSSR count). The van der Waals surface area contributed by atoms with E-state index in [0.717, 1.165) is 0 Å². The zero-order valence-electron chi connectivity index (χ0n) is 2.46. The Morgan fingerprint density at radius 1 is 1.17 bits per heavy atom. The van der Waals surface area contributed by atoms with Crippen LogP contribution in [0.1, 0.15) is 0 Å². The molecular formula is HCrIO4. The Morgan fingerprint density at radius 3 is 1.17 bits per heavy atom. The van der Waals surface area contributed by atoms with E-state index in [2.05, 4.69) is 0 Å². The quantitative estimate of drug-likeness (QED) is 0.429. The fourth-order valence-electron chi connectivity index (χ4n) is 0. The average molecular weight is 244 g/mol. The van der Waals surface area contributed by atoms with Crippen molar-refractivity contribution in [3.05, 3.63) is 0 Å². The minimum atomic E-state index is -5.69. The van der Waals surface area contributed by atoms with Gasteiger partial charge in [0.25, 0.3) is 0 Å². The zero-order valence-corrected chi connectivity index (χ0v) is 5.89. The summed E-state index contributed by atoms with van der Waals surface area (Å²) in [6.07, 6.45) is 0. The van der Waals surface area contributed by atoms with Crippen LogP contribution in [-0.4, -0.2) is 3.44 Å². The number of hydrogen-bond donors (Lipinski definition) is 1. The largest absolute Gasteiger partial charge is 0.368 e. The first kappa shape index (κ1) is 10.2. The van der Waals surface area contributed by atoms with E-state index in [1.54, 1.807) is 0 Å². The molecule has 1 N–H and O–H groups in total. The second-order valence-electron chi connectivity index (χ2n) is 0.396. The summed E-state index contributed by atoms with van der Waals surface area (Å²) in [5.74, 6) is 0. The van der Waals surface area contributed by atoms with Crippen molar-refractivity contribution in [1.82, 2.24) is 0 Å². The third-order valence-electron chi connectivity index (χ3n) is 0. The monoisotopic (exact) mass is 244 g/mol. The smallest absolute Gasteiger partial charge is 0.256 e. The molecule has 4 nitrogen and oxygen atoms in total. The van der Waals surface area contributed by atoms with Crippen LogP contribution >= 0.6 is 0 Å². The molecule has 0 spiro atoms. The maximum atomic E-state index is 8.73. The van der Waals surface area contributed by atoms with Gasteiger partial charge in [-0.3, -0.25) is 10.3 Å². The van der Waals surface area contributed by atoms with Gasteiger partial charge in [-0.1, -0.05) is 0 Å². The molecule has 0 heterocycles. The van der Waals surface area contributed by atoms with Gasteiger partial charge in [-0.2, -0.15) is 0 Å². The van der Waals surface area contributed by atoms with Crippen molar-refractivity contribution >= 4 is 0 Å². The van der Waals surface area contributed by atoms with Gasteiger partial charge in [0.05, 0.1) is 0 Å². The summed E-state index contributed by atoms with van der Waals surface area (Å²) in [4.78, 5) is 0. The molecule has 0 aromatic heterocycles. The molecule has 0 radical (unpaired) electrons. The van der Waals surface area contributed by atoms with Crippen molar-refractivity contribution < 1.29 is 51.2 Å². The second-order valence-corrected chi connectivity index (χ2v) is 2.66. The van der Waals surface area contributed by atoms with Crippen LogP contribution in [0.3, 0.4) is 0 Å². The minimum Gasteiger partial charge on any atom is -0.256 e. The van der Waals surface area contributed by atoms with E-state index in [1.165, 1.54) is 0 Å². The standard InChI is InChI=1S/Cr.HIO4/c;2-1(3,4)5/h;2H. The molecule has 0 aliphatic heterocycles. The van der Waals surface area contributed by atoms with Gasteiger partial charge in [-0.05, 0) is 0 Å². The van der Waals surface area contributed by atoms with Crippen LogP contribution in [0.2, 0.25) is 0 Å². The Kier molecular flexibility index (Phi) is 5.33. The number of halogens is 1. The summed E-state index contributed by atoms with van der Waals surface area (Å²) in [6, 6.07) is 0. The summed E-state index contributed by atoms with van der Waals surface area (Å²) in [5, 5.41) is 0. The summed E-state index contributed by atoms with van der Waals surface area (Å²) in [7, 11) is 0. The molecule has 0 atom stereocenters. The van der Waals surface area contributed by atoms with E-state index in [-0.39, 0.29) is 17.4 Å². The first-order valence-corrected chi connectivity index (χ1v) is 4.24. The van der Waals surface area contributed by atoms with Gasteiger partial charge in [0, 0.05) is 20.8 Å². The molecule has 0 saturated heterocycles. The third-order valence-corrected chi connectivity index (χ3v) is 0. The van der Waals surface area contributed by atoms with Crippen LogP contribution in [-0.2, 0) is 17.4 Å². The van der Waals surface area contributed by atoms with Crippen molar-refractivity contribution in [2.45, 2.75) is 0 Å². The molecule has 0 aromatic carbocycles. The SMILES string of the molecule is [Cr].[O-][I+3]([O-])([O-])O. The van der Waals surface area contributed by atoms with Gasteiger partial charge in [-0.15, -0.1) is 0 Å². The van der Waals surface area contributed by atoms with Crippen LogP contribution in [0.5, 0.6) is 0 Å². The average Bonchev–Trinajstić information content (AvgIpc) is 0.722. The molecule has 0 amide bonds. The zero-order chi connectivity index (χ0) is 4.50. The Labute approximate surface area is 51.3 Å². The third kappa shape index (κ3) is 70.7. The van der Waals surface area contributed by atoms with E-state index in [0.29, 0.717) is 0 Å². The van der Waals surface area contributed by atoms with Crippen molar-refractivity contribution in [3.63, 3.8) is 0 Å². The van der Waals surface area contributed by atoms with Crippen LogP contribution in [0.25, 0.3) is 0 Å². The van der Waals surface area contributed by atoms with Crippen molar-refractivity contribution in [2.24, 2.45) is 0 Å². The molecule has 0 aromatic rings. The molecular weight excluding hydrogens is 243 g/mol. The van der Waals surface area contributed by atoms with Gasteiger partial charge >= 0.3 is 20.1 Å². The molecule has 0 aliphatic rings. The molecule has 0 aliphatic carbocycles. The van der Waals surface area contributed by atoms with E-state index < -0.39 is 20.1 Å². The number of rotatable bonds is 0. The van der Waals surface area contributed by atoms with E-state index in [4.69, 9.17) is 13.7 Å². The fraction of sp³-hybridized carbons (Fsp3) is 0. The van der Waals surface area contributed by atoms with E-state index in [1.807, 2.05) is 0 Å². The first-order valence-electron chi connectivity index (χ1n) is 0.632. The number of hydrogen-bond acceptors (Lipinski definition) is 4. The predicted octanol–water partition coefficient (Wildman–Crippen LogP) is -7.12. The fourth-order valence-corrected chi connectivity index (χ4v) is 0. The van der Waals surface area contributed by atoms with Crippen molar-refractivity contribution in [3.8, 4) is 0 Å². The van der Waals surface area contributed by atoms with Crippen LogP contribution in [0.4, 0.5) is 0 Å². The maximum absolute atomic E-state index is 8.73. The van der Waals surface area contributed by atoms with Crippen LogP contribution < -0.4 is 30.4 Å². The van der Waals surface area contributed by atoms with Crippen LogP contribution in [0, 0.1) is 0 Å². The van der Waals surface area contributed by atoms with Crippen LogP contribution in [0.15, 0.2) is 0 Å². The maximum Gasteiger partial charge on any atom is 0.368 e. The summed E-state index contributed by atoms with van der Waals surface area (Å²) < 4.78 is 33.2. The Bertz CT molecular complexity index is 23.0. The van der Waals surface area contributed by atoms with Gasteiger partial charge < -0.3 is 0 Å². The summed E-state index contributed by atoms with van der Waals surface area (Å²) >= 11 is -5.69.